The summed E-state index contributed by atoms with van der Waals surface area (Å²) in [4.78, 5) is 16.6. The Balaban J connectivity index is 2.08. The number of nitrogens with zero attached hydrogens (tertiary/aromatic N) is 2. The maximum Gasteiger partial charge on any atom is 0.232 e. The quantitative estimate of drug-likeness (QED) is 0.761. The van der Waals surface area contributed by atoms with Crippen LogP contribution in [0.5, 0.6) is 0 Å². The topological polar surface area (TPSA) is 60.9 Å². The molecule has 0 aliphatic rings. The number of carbonyl (C=O) groups excluding carboxylic acids is 1. The molecule has 0 bridgehead atoms. The molecule has 1 amide bonds. The van der Waals surface area contributed by atoms with E-state index in [1.165, 1.54) is 0 Å². The van der Waals surface area contributed by atoms with Gasteiger partial charge in [-0.2, -0.15) is 0 Å². The summed E-state index contributed by atoms with van der Waals surface area (Å²) in [5.41, 5.74) is 6.89. The minimum atomic E-state index is -0.854. The van der Waals surface area contributed by atoms with E-state index in [0.29, 0.717) is 13.0 Å². The number of hydrogen-bond donors (Lipinski definition) is 1. The Kier molecular flexibility index (Phi) is 4.24. The van der Waals surface area contributed by atoms with E-state index in [9.17, 15) is 4.79 Å². The molecule has 0 atom stereocenters. The second kappa shape index (κ2) is 6.48. The van der Waals surface area contributed by atoms with E-state index in [1.807, 2.05) is 71.4 Å². The number of amides is 1. The predicted octanol–water partition coefficient (Wildman–Crippen LogP) is 2.74. The summed E-state index contributed by atoms with van der Waals surface area (Å²) in [6.07, 6.45) is 5.95. The van der Waals surface area contributed by atoms with Crippen LogP contribution in [0.15, 0.2) is 79.4 Å². The Hall–Kier alpha value is -2.88. The van der Waals surface area contributed by atoms with Crippen LogP contribution in [0.3, 0.4) is 0 Å². The van der Waals surface area contributed by atoms with Crippen LogP contribution in [0.2, 0.25) is 0 Å². The molecule has 3 aromatic rings. The molecule has 3 rings (SSSR count). The number of aryl methyl sites for hydroxylation is 1. The van der Waals surface area contributed by atoms with Crippen molar-refractivity contribution in [2.24, 2.45) is 5.73 Å². The fraction of sp³-hybridized carbons (Fsp3) is 0.158. The average molecular weight is 305 g/mol. The lowest BCUT2D eigenvalue weighted by atomic mass is 9.71. The summed E-state index contributed by atoms with van der Waals surface area (Å²) in [6.45, 7) is 0.659. The highest BCUT2D eigenvalue weighted by molar-refractivity contribution is 5.90. The van der Waals surface area contributed by atoms with E-state index < -0.39 is 5.41 Å². The third kappa shape index (κ3) is 2.88. The van der Waals surface area contributed by atoms with Crippen LogP contribution in [0.25, 0.3) is 0 Å². The zero-order valence-electron chi connectivity index (χ0n) is 12.8. The maximum absolute atomic E-state index is 12.6. The van der Waals surface area contributed by atoms with Crippen LogP contribution in [0.1, 0.15) is 17.5 Å². The van der Waals surface area contributed by atoms with E-state index in [2.05, 4.69) is 4.98 Å². The van der Waals surface area contributed by atoms with Crippen LogP contribution in [-0.2, 0) is 16.8 Å². The highest BCUT2D eigenvalue weighted by Gasteiger charge is 2.39. The van der Waals surface area contributed by atoms with Gasteiger partial charge in [-0.15, -0.1) is 0 Å². The molecule has 0 saturated carbocycles. The molecule has 0 aliphatic carbocycles. The molecule has 116 valence electrons. The van der Waals surface area contributed by atoms with Crippen molar-refractivity contribution in [3.05, 3.63) is 90.5 Å². The van der Waals surface area contributed by atoms with Crippen molar-refractivity contribution in [3.63, 3.8) is 0 Å². The van der Waals surface area contributed by atoms with Gasteiger partial charge in [-0.25, -0.2) is 4.98 Å². The third-order valence-electron chi connectivity index (χ3n) is 4.26. The van der Waals surface area contributed by atoms with Gasteiger partial charge in [0.2, 0.25) is 5.91 Å². The number of nitrogens with two attached hydrogens (primary N) is 1. The number of carbonyl (C=O) groups is 1. The van der Waals surface area contributed by atoms with Crippen LogP contribution in [-0.4, -0.2) is 15.5 Å². The molecule has 0 fully saturated rings. The number of benzene rings is 2. The Labute approximate surface area is 135 Å². The molecule has 0 radical (unpaired) electrons. The van der Waals surface area contributed by atoms with E-state index in [0.717, 1.165) is 11.1 Å². The van der Waals surface area contributed by atoms with Gasteiger partial charge in [0.25, 0.3) is 0 Å². The van der Waals surface area contributed by atoms with Crippen LogP contribution in [0.4, 0.5) is 0 Å². The Morgan fingerprint density at radius 2 is 1.57 bits per heavy atom. The first kappa shape index (κ1) is 15.0. The van der Waals surface area contributed by atoms with Gasteiger partial charge in [-0.1, -0.05) is 60.7 Å². The molecule has 0 unspecified atom stereocenters. The third-order valence-corrected chi connectivity index (χ3v) is 4.26. The zero-order valence-corrected chi connectivity index (χ0v) is 12.8. The molecule has 23 heavy (non-hydrogen) atoms. The normalized spacial score (nSPS) is 11.3. The SMILES string of the molecule is NC(=O)C(CCn1ccnc1)(c1ccccc1)c1ccccc1. The maximum atomic E-state index is 12.6. The van der Waals surface area contributed by atoms with Crippen LogP contribution >= 0.6 is 0 Å². The number of hydrogen-bond acceptors (Lipinski definition) is 2. The summed E-state index contributed by atoms with van der Waals surface area (Å²) >= 11 is 0. The van der Waals surface area contributed by atoms with Gasteiger partial charge in [-0.05, 0) is 17.5 Å². The molecule has 2 N–H and O–H groups in total. The highest BCUT2D eigenvalue weighted by Crippen LogP contribution is 2.36. The van der Waals surface area contributed by atoms with Crippen molar-refractivity contribution in [3.8, 4) is 0 Å². The molecule has 4 heteroatoms. The van der Waals surface area contributed by atoms with Crippen molar-refractivity contribution in [2.45, 2.75) is 18.4 Å². The van der Waals surface area contributed by atoms with Gasteiger partial charge in [-0.3, -0.25) is 4.79 Å². The molecule has 1 heterocycles. The van der Waals surface area contributed by atoms with Crippen molar-refractivity contribution < 1.29 is 4.79 Å². The first-order valence-electron chi connectivity index (χ1n) is 7.60. The molecular formula is C19H19N3O. The Morgan fingerprint density at radius 3 is 2.00 bits per heavy atom. The molecule has 0 aliphatic heterocycles. The van der Waals surface area contributed by atoms with Crippen molar-refractivity contribution in [1.82, 2.24) is 9.55 Å². The smallest absolute Gasteiger partial charge is 0.232 e. The van der Waals surface area contributed by atoms with Gasteiger partial charge >= 0.3 is 0 Å². The van der Waals surface area contributed by atoms with E-state index >= 15 is 0 Å². The zero-order chi connectivity index (χ0) is 16.1. The van der Waals surface area contributed by atoms with Gasteiger partial charge in [0, 0.05) is 18.9 Å². The Bertz CT molecular complexity index is 712. The van der Waals surface area contributed by atoms with Gasteiger partial charge < -0.3 is 10.3 Å². The largest absolute Gasteiger partial charge is 0.369 e. The molecule has 2 aromatic carbocycles. The number of primary amides is 1. The summed E-state index contributed by atoms with van der Waals surface area (Å²) < 4.78 is 1.96. The fourth-order valence-electron chi connectivity index (χ4n) is 3.02. The van der Waals surface area contributed by atoms with E-state index in [1.54, 1.807) is 12.5 Å². The summed E-state index contributed by atoms with van der Waals surface area (Å²) in [5.74, 6) is -0.338. The van der Waals surface area contributed by atoms with E-state index in [4.69, 9.17) is 5.73 Å². The molecular weight excluding hydrogens is 286 g/mol. The number of aromatic nitrogens is 2. The van der Waals surface area contributed by atoms with Gasteiger partial charge in [0.05, 0.1) is 6.33 Å². The lowest BCUT2D eigenvalue weighted by molar-refractivity contribution is -0.122. The minimum Gasteiger partial charge on any atom is -0.369 e. The first-order valence-corrected chi connectivity index (χ1v) is 7.60. The van der Waals surface area contributed by atoms with E-state index in [-0.39, 0.29) is 5.91 Å². The number of rotatable bonds is 6. The van der Waals surface area contributed by atoms with Crippen molar-refractivity contribution in [1.29, 1.82) is 0 Å². The van der Waals surface area contributed by atoms with Crippen molar-refractivity contribution >= 4 is 5.91 Å². The van der Waals surface area contributed by atoms with Gasteiger partial charge in [0.15, 0.2) is 0 Å². The summed E-state index contributed by atoms with van der Waals surface area (Å²) in [5, 5.41) is 0. The van der Waals surface area contributed by atoms with Gasteiger partial charge in [0.1, 0.15) is 5.41 Å². The molecule has 4 nitrogen and oxygen atoms in total. The van der Waals surface area contributed by atoms with Crippen LogP contribution < -0.4 is 5.73 Å². The van der Waals surface area contributed by atoms with Crippen molar-refractivity contribution in [2.75, 3.05) is 0 Å². The minimum absolute atomic E-state index is 0.338. The second-order valence-electron chi connectivity index (χ2n) is 5.55. The standard InChI is InChI=1S/C19H19N3O/c20-18(23)19(16-7-3-1-4-8-16,17-9-5-2-6-10-17)11-13-22-14-12-21-15-22/h1-10,12,14-15H,11,13H2,(H2,20,23). The highest BCUT2D eigenvalue weighted by atomic mass is 16.1. The first-order chi connectivity index (χ1) is 11.2. The Morgan fingerprint density at radius 1 is 1.00 bits per heavy atom. The number of imidazole rings is 1. The molecule has 0 saturated heterocycles. The summed E-state index contributed by atoms with van der Waals surface area (Å²) in [7, 11) is 0. The molecule has 1 aromatic heterocycles. The lowest BCUT2D eigenvalue weighted by Gasteiger charge is -2.32. The fourth-order valence-corrected chi connectivity index (χ4v) is 3.02. The van der Waals surface area contributed by atoms with Crippen LogP contribution in [0, 0.1) is 0 Å². The monoisotopic (exact) mass is 305 g/mol. The lowest BCUT2D eigenvalue weighted by Crippen LogP contribution is -2.43. The average Bonchev–Trinajstić information content (AvgIpc) is 3.11. The molecule has 0 spiro atoms. The second-order valence-corrected chi connectivity index (χ2v) is 5.55. The summed E-state index contributed by atoms with van der Waals surface area (Å²) in [6, 6.07) is 19.5. The predicted molar refractivity (Wildman–Crippen MR) is 89.7 cm³/mol.